The van der Waals surface area contributed by atoms with Crippen molar-refractivity contribution in [3.63, 3.8) is 0 Å². The van der Waals surface area contributed by atoms with Crippen LogP contribution in [0.3, 0.4) is 0 Å². The number of rotatable bonds is 4. The molecule has 0 amide bonds. The summed E-state index contributed by atoms with van der Waals surface area (Å²) in [7, 11) is 0. The van der Waals surface area contributed by atoms with E-state index in [9.17, 15) is 30.3 Å². The van der Waals surface area contributed by atoms with Crippen LogP contribution in [0.1, 0.15) is 87.5 Å². The lowest BCUT2D eigenvalue weighted by Crippen LogP contribution is -2.65. The van der Waals surface area contributed by atoms with Crippen LogP contribution < -0.4 is 0 Å². The normalized spacial score (nSPS) is 48.1. The van der Waals surface area contributed by atoms with Gasteiger partial charge in [0.2, 0.25) is 0 Å². The number of Topliss-reactive ketones (excluding diaryl/α,β-unsaturated/α-hetero) is 1. The Hall–Kier alpha value is -1.05. The number of fused-ring (bicyclic) bond motifs is 5. The minimum absolute atomic E-state index is 0.0504. The molecular weight excluding hydrogens is 456 g/mol. The van der Waals surface area contributed by atoms with Gasteiger partial charge in [0.15, 0.2) is 0 Å². The van der Waals surface area contributed by atoms with E-state index in [2.05, 4.69) is 19.9 Å². The second-order valence-electron chi connectivity index (χ2n) is 14.6. The van der Waals surface area contributed by atoms with Crippen LogP contribution in [0.4, 0.5) is 0 Å². The molecule has 3 fully saturated rings. The highest BCUT2D eigenvalue weighted by atomic mass is 16.3. The maximum atomic E-state index is 14.2. The molecule has 4 aliphatic rings. The first-order chi connectivity index (χ1) is 16.2. The molecule has 0 spiro atoms. The Balaban J connectivity index is 1.76. The largest absolute Gasteiger partial charge is 0.393 e. The molecule has 0 unspecified atom stereocenters. The third kappa shape index (κ3) is 3.73. The zero-order chi connectivity index (χ0) is 27.3. The lowest BCUT2D eigenvalue weighted by atomic mass is 9.38. The SMILES string of the molecule is CC(C)(O)/C=C/C[C@](C)(O)[C@H]1[C@H](O)C[C@@]2(C)[C@@H]3CC=C4[C@@H](C[C@H](O)[C@H](O)C4(C)C)[C@]3(C)C(=O)C[C@]12C. The van der Waals surface area contributed by atoms with Gasteiger partial charge in [0.05, 0.1) is 29.5 Å². The van der Waals surface area contributed by atoms with E-state index in [1.165, 1.54) is 0 Å². The first kappa shape index (κ1) is 28.0. The van der Waals surface area contributed by atoms with Gasteiger partial charge in [0.25, 0.3) is 0 Å². The summed E-state index contributed by atoms with van der Waals surface area (Å²) < 4.78 is 0. The number of hydrogen-bond acceptors (Lipinski definition) is 6. The quantitative estimate of drug-likeness (QED) is 0.374. The number of aliphatic hydroxyl groups excluding tert-OH is 3. The molecule has 6 heteroatoms. The minimum atomic E-state index is -1.26. The number of carbonyl (C=O) groups excluding carboxylic acids is 1. The van der Waals surface area contributed by atoms with E-state index in [0.29, 0.717) is 19.3 Å². The van der Waals surface area contributed by atoms with Crippen LogP contribution in [0.5, 0.6) is 0 Å². The molecule has 0 radical (unpaired) electrons. The zero-order valence-corrected chi connectivity index (χ0v) is 23.4. The van der Waals surface area contributed by atoms with Crippen LogP contribution in [0.2, 0.25) is 0 Å². The Bertz CT molecular complexity index is 972. The fourth-order valence-electron chi connectivity index (χ4n) is 9.37. The smallest absolute Gasteiger partial charge is 0.140 e. The molecule has 6 nitrogen and oxygen atoms in total. The van der Waals surface area contributed by atoms with Crippen molar-refractivity contribution in [2.45, 2.75) is 117 Å². The molecular formula is C30H48O6. The fourth-order valence-corrected chi connectivity index (χ4v) is 9.37. The van der Waals surface area contributed by atoms with Crippen molar-refractivity contribution >= 4 is 5.78 Å². The van der Waals surface area contributed by atoms with Crippen molar-refractivity contribution in [2.75, 3.05) is 0 Å². The summed E-state index contributed by atoms with van der Waals surface area (Å²) in [6, 6.07) is 0. The van der Waals surface area contributed by atoms with Crippen LogP contribution in [-0.4, -0.2) is 60.8 Å². The summed E-state index contributed by atoms with van der Waals surface area (Å²) in [6.07, 6.45) is 5.15. The molecule has 204 valence electrons. The number of aliphatic hydroxyl groups is 5. The first-order valence-corrected chi connectivity index (χ1v) is 13.6. The van der Waals surface area contributed by atoms with Crippen LogP contribution in [0, 0.1) is 39.4 Å². The van der Waals surface area contributed by atoms with Gasteiger partial charge in [-0.25, -0.2) is 0 Å². The molecule has 0 saturated heterocycles. The van der Waals surface area contributed by atoms with Gasteiger partial charge >= 0.3 is 0 Å². The molecule has 4 rings (SSSR count). The first-order valence-electron chi connectivity index (χ1n) is 13.6. The van der Waals surface area contributed by atoms with Gasteiger partial charge in [-0.3, -0.25) is 4.79 Å². The summed E-state index contributed by atoms with van der Waals surface area (Å²) in [5.41, 5.74) is -3.54. The van der Waals surface area contributed by atoms with Crippen molar-refractivity contribution in [3.05, 3.63) is 23.8 Å². The molecule has 10 atom stereocenters. The molecule has 0 bridgehead atoms. The second kappa shape index (κ2) is 8.22. The highest BCUT2D eigenvalue weighted by Gasteiger charge is 2.73. The Kier molecular flexibility index (Phi) is 6.39. The highest BCUT2D eigenvalue weighted by molar-refractivity contribution is 5.88. The number of allylic oxidation sites excluding steroid dienone is 1. The van der Waals surface area contributed by atoms with E-state index in [4.69, 9.17) is 0 Å². The Morgan fingerprint density at radius 3 is 2.19 bits per heavy atom. The molecule has 0 aromatic rings. The Morgan fingerprint density at radius 2 is 1.61 bits per heavy atom. The summed E-state index contributed by atoms with van der Waals surface area (Å²) in [6.45, 7) is 15.3. The predicted octanol–water partition coefficient (Wildman–Crippen LogP) is 3.54. The molecule has 4 aliphatic carbocycles. The van der Waals surface area contributed by atoms with Crippen molar-refractivity contribution in [1.29, 1.82) is 0 Å². The maximum Gasteiger partial charge on any atom is 0.140 e. The van der Waals surface area contributed by atoms with Gasteiger partial charge in [-0.05, 0) is 69.1 Å². The monoisotopic (exact) mass is 504 g/mol. The van der Waals surface area contributed by atoms with Crippen LogP contribution in [0.25, 0.3) is 0 Å². The van der Waals surface area contributed by atoms with E-state index < -0.39 is 57.1 Å². The Labute approximate surface area is 216 Å². The van der Waals surface area contributed by atoms with E-state index in [-0.39, 0.29) is 30.5 Å². The van der Waals surface area contributed by atoms with Crippen molar-refractivity contribution in [3.8, 4) is 0 Å². The summed E-state index contributed by atoms with van der Waals surface area (Å²) in [4.78, 5) is 14.2. The standard InChI is InChI=1S/C30H48O6/c1-25(2,35)12-9-13-29(7,36)23-20(32)15-27(5)21-11-10-17-18(14-19(31)24(34)26(17,3)4)30(21,8)22(33)16-28(23,27)6/h9-10,12,18-21,23-24,31-32,34-36H,11,13-16H2,1-8H3/b12-9+/t18-,19+,20-,21+,23+,24+,27+,28-,29+,30+/m1/s1. The topological polar surface area (TPSA) is 118 Å². The minimum Gasteiger partial charge on any atom is -0.393 e. The molecule has 0 aromatic heterocycles. The summed E-state index contributed by atoms with van der Waals surface area (Å²) in [5, 5.41) is 54.8. The van der Waals surface area contributed by atoms with Crippen molar-refractivity contribution in [1.82, 2.24) is 0 Å². The zero-order valence-electron chi connectivity index (χ0n) is 23.4. The second-order valence-corrected chi connectivity index (χ2v) is 14.6. The average molecular weight is 505 g/mol. The number of hydrogen-bond donors (Lipinski definition) is 5. The molecule has 0 aromatic carbocycles. The van der Waals surface area contributed by atoms with Crippen LogP contribution in [-0.2, 0) is 4.79 Å². The van der Waals surface area contributed by atoms with Gasteiger partial charge in [-0.2, -0.15) is 0 Å². The Morgan fingerprint density at radius 1 is 1.00 bits per heavy atom. The highest BCUT2D eigenvalue weighted by Crippen LogP contribution is 2.74. The van der Waals surface area contributed by atoms with Gasteiger partial charge in [0.1, 0.15) is 5.78 Å². The molecule has 3 saturated carbocycles. The van der Waals surface area contributed by atoms with Crippen LogP contribution >= 0.6 is 0 Å². The summed E-state index contributed by atoms with van der Waals surface area (Å²) in [5.74, 6) is -0.588. The molecule has 36 heavy (non-hydrogen) atoms. The molecule has 0 heterocycles. The van der Waals surface area contributed by atoms with Gasteiger partial charge in [-0.15, -0.1) is 0 Å². The van der Waals surface area contributed by atoms with E-state index >= 15 is 0 Å². The third-order valence-electron chi connectivity index (χ3n) is 11.4. The fraction of sp³-hybridized carbons (Fsp3) is 0.833. The van der Waals surface area contributed by atoms with Gasteiger partial charge in [0, 0.05) is 23.2 Å². The molecule has 5 N–H and O–H groups in total. The van der Waals surface area contributed by atoms with Crippen molar-refractivity contribution < 1.29 is 30.3 Å². The number of carbonyl (C=O) groups is 1. The van der Waals surface area contributed by atoms with Crippen LogP contribution in [0.15, 0.2) is 23.8 Å². The lowest BCUT2D eigenvalue weighted by Gasteiger charge is -2.65. The van der Waals surface area contributed by atoms with Gasteiger partial charge in [-0.1, -0.05) is 58.4 Å². The van der Waals surface area contributed by atoms with Crippen molar-refractivity contribution in [2.24, 2.45) is 39.4 Å². The third-order valence-corrected chi connectivity index (χ3v) is 11.4. The van der Waals surface area contributed by atoms with E-state index in [0.717, 1.165) is 5.57 Å². The van der Waals surface area contributed by atoms with E-state index in [1.54, 1.807) is 32.9 Å². The average Bonchev–Trinajstić information content (AvgIpc) is 2.91. The maximum absolute atomic E-state index is 14.2. The lowest BCUT2D eigenvalue weighted by molar-refractivity contribution is -0.185. The molecule has 0 aliphatic heterocycles. The van der Waals surface area contributed by atoms with Gasteiger partial charge < -0.3 is 25.5 Å². The number of ketones is 1. The summed E-state index contributed by atoms with van der Waals surface area (Å²) >= 11 is 0. The predicted molar refractivity (Wildman–Crippen MR) is 139 cm³/mol. The van der Waals surface area contributed by atoms with E-state index in [1.807, 2.05) is 20.8 Å².